The van der Waals surface area contributed by atoms with E-state index in [1.165, 1.54) is 5.69 Å². The molecule has 0 saturated carbocycles. The fourth-order valence-electron chi connectivity index (χ4n) is 3.75. The quantitative estimate of drug-likeness (QED) is 0.838. The van der Waals surface area contributed by atoms with Gasteiger partial charge in [0.15, 0.2) is 0 Å². The summed E-state index contributed by atoms with van der Waals surface area (Å²) in [6, 6.07) is 13.6. The Kier molecular flexibility index (Phi) is 5.05. The average molecular weight is 364 g/mol. The smallest absolute Gasteiger partial charge is 0.272 e. The van der Waals surface area contributed by atoms with E-state index >= 15 is 0 Å². The maximum atomic E-state index is 12.9. The number of benzene rings is 1. The molecule has 0 N–H and O–H groups in total. The molecule has 0 aliphatic carbocycles. The van der Waals surface area contributed by atoms with Gasteiger partial charge in [0.25, 0.3) is 11.8 Å². The van der Waals surface area contributed by atoms with Crippen LogP contribution in [0.1, 0.15) is 33.7 Å². The Morgan fingerprint density at radius 2 is 1.44 bits per heavy atom. The molecule has 2 fully saturated rings. The van der Waals surface area contributed by atoms with E-state index < -0.39 is 0 Å². The molecule has 0 unspecified atom stereocenters. The number of carbonyl (C=O) groups is 2. The zero-order valence-corrected chi connectivity index (χ0v) is 15.4. The molecule has 0 bridgehead atoms. The van der Waals surface area contributed by atoms with Gasteiger partial charge in [0, 0.05) is 56.7 Å². The number of rotatable bonds is 3. The van der Waals surface area contributed by atoms with Crippen LogP contribution in [0.4, 0.5) is 5.69 Å². The lowest BCUT2D eigenvalue weighted by molar-refractivity contribution is 0.0746. The number of piperazine rings is 1. The number of carbonyl (C=O) groups excluding carboxylic acids is 2. The van der Waals surface area contributed by atoms with E-state index in [1.54, 1.807) is 18.3 Å². The average Bonchev–Trinajstić information content (AvgIpc) is 3.28. The van der Waals surface area contributed by atoms with Crippen molar-refractivity contribution in [2.75, 3.05) is 44.2 Å². The third-order valence-electron chi connectivity index (χ3n) is 5.31. The Balaban J connectivity index is 1.41. The van der Waals surface area contributed by atoms with Crippen molar-refractivity contribution in [3.8, 4) is 0 Å². The molecule has 0 spiro atoms. The molecule has 0 atom stereocenters. The predicted octanol–water partition coefficient (Wildman–Crippen LogP) is 2.28. The number of hydrogen-bond acceptors (Lipinski definition) is 4. The highest BCUT2D eigenvalue weighted by Crippen LogP contribution is 2.18. The third-order valence-corrected chi connectivity index (χ3v) is 5.31. The predicted molar refractivity (Wildman–Crippen MR) is 104 cm³/mol. The first-order chi connectivity index (χ1) is 13.2. The van der Waals surface area contributed by atoms with Crippen LogP contribution in [-0.4, -0.2) is 65.9 Å². The number of pyridine rings is 1. The van der Waals surface area contributed by atoms with E-state index in [2.05, 4.69) is 22.0 Å². The lowest BCUT2D eigenvalue weighted by atomic mass is 10.1. The van der Waals surface area contributed by atoms with Crippen molar-refractivity contribution in [1.29, 1.82) is 0 Å². The molecule has 3 heterocycles. The second kappa shape index (κ2) is 7.78. The minimum atomic E-state index is -0.0731. The molecule has 2 aromatic rings. The summed E-state index contributed by atoms with van der Waals surface area (Å²) in [7, 11) is 0. The van der Waals surface area contributed by atoms with Crippen molar-refractivity contribution in [3.63, 3.8) is 0 Å². The molecule has 27 heavy (non-hydrogen) atoms. The fourth-order valence-corrected chi connectivity index (χ4v) is 3.75. The van der Waals surface area contributed by atoms with Gasteiger partial charge in [-0.25, -0.2) is 0 Å². The molecular formula is C21H24N4O2. The van der Waals surface area contributed by atoms with E-state index in [-0.39, 0.29) is 11.8 Å². The van der Waals surface area contributed by atoms with Crippen LogP contribution in [0, 0.1) is 0 Å². The van der Waals surface area contributed by atoms with Crippen LogP contribution in [0.15, 0.2) is 48.7 Å². The molecule has 1 aromatic carbocycles. The van der Waals surface area contributed by atoms with Crippen LogP contribution in [0.5, 0.6) is 0 Å². The van der Waals surface area contributed by atoms with E-state index in [0.717, 1.165) is 39.0 Å². The van der Waals surface area contributed by atoms with Gasteiger partial charge in [-0.3, -0.25) is 14.6 Å². The van der Waals surface area contributed by atoms with Gasteiger partial charge in [-0.15, -0.1) is 0 Å². The van der Waals surface area contributed by atoms with E-state index in [9.17, 15) is 9.59 Å². The van der Waals surface area contributed by atoms with Crippen LogP contribution >= 0.6 is 0 Å². The maximum absolute atomic E-state index is 12.9. The SMILES string of the molecule is O=C(c1ccnc(C(=O)N2CCCC2)c1)N1CCN(c2ccccc2)CC1. The van der Waals surface area contributed by atoms with Crippen molar-refractivity contribution in [1.82, 2.24) is 14.8 Å². The summed E-state index contributed by atoms with van der Waals surface area (Å²) in [5, 5.41) is 0. The maximum Gasteiger partial charge on any atom is 0.272 e. The molecule has 2 amide bonds. The fraction of sp³-hybridized carbons (Fsp3) is 0.381. The first-order valence-corrected chi connectivity index (χ1v) is 9.57. The number of nitrogens with zero attached hydrogens (tertiary/aromatic N) is 4. The standard InChI is InChI=1S/C21H24N4O2/c26-20(25-14-12-23(13-15-25)18-6-2-1-3-7-18)17-8-9-22-19(16-17)21(27)24-10-4-5-11-24/h1-3,6-9,16H,4-5,10-15H2. The van der Waals surface area contributed by atoms with Gasteiger partial charge in [-0.1, -0.05) is 18.2 Å². The molecular weight excluding hydrogens is 340 g/mol. The molecule has 2 aliphatic rings. The van der Waals surface area contributed by atoms with Crippen LogP contribution in [-0.2, 0) is 0 Å². The third kappa shape index (κ3) is 3.79. The Hall–Kier alpha value is -2.89. The van der Waals surface area contributed by atoms with Gasteiger partial charge in [-0.05, 0) is 37.1 Å². The summed E-state index contributed by atoms with van der Waals surface area (Å²) in [5.74, 6) is -0.100. The van der Waals surface area contributed by atoms with Crippen molar-refractivity contribution in [2.24, 2.45) is 0 Å². The molecule has 4 rings (SSSR count). The molecule has 140 valence electrons. The minimum absolute atomic E-state index is 0.0272. The van der Waals surface area contributed by atoms with Crippen molar-refractivity contribution in [2.45, 2.75) is 12.8 Å². The Morgan fingerprint density at radius 3 is 2.15 bits per heavy atom. The van der Waals surface area contributed by atoms with Gasteiger partial charge >= 0.3 is 0 Å². The van der Waals surface area contributed by atoms with Crippen molar-refractivity contribution in [3.05, 3.63) is 59.9 Å². The zero-order valence-electron chi connectivity index (χ0n) is 15.4. The summed E-state index contributed by atoms with van der Waals surface area (Å²) < 4.78 is 0. The van der Waals surface area contributed by atoms with Crippen molar-refractivity contribution >= 4 is 17.5 Å². The van der Waals surface area contributed by atoms with Gasteiger partial charge in [0.2, 0.25) is 0 Å². The summed E-state index contributed by atoms with van der Waals surface area (Å²) in [6.45, 7) is 4.51. The van der Waals surface area contributed by atoms with E-state index in [0.29, 0.717) is 24.3 Å². The molecule has 2 saturated heterocycles. The second-order valence-electron chi connectivity index (χ2n) is 7.04. The van der Waals surface area contributed by atoms with Gasteiger partial charge in [0.05, 0.1) is 0 Å². The Morgan fingerprint density at radius 1 is 0.778 bits per heavy atom. The monoisotopic (exact) mass is 364 g/mol. The highest BCUT2D eigenvalue weighted by Gasteiger charge is 2.25. The number of likely N-dealkylation sites (tertiary alicyclic amines) is 1. The Labute approximate surface area is 159 Å². The number of amides is 2. The highest BCUT2D eigenvalue weighted by molar-refractivity contribution is 5.98. The first-order valence-electron chi connectivity index (χ1n) is 9.57. The molecule has 2 aliphatic heterocycles. The molecule has 6 nitrogen and oxygen atoms in total. The normalized spacial score (nSPS) is 17.3. The lowest BCUT2D eigenvalue weighted by Gasteiger charge is -2.36. The topological polar surface area (TPSA) is 56.8 Å². The summed E-state index contributed by atoms with van der Waals surface area (Å²) in [5.41, 5.74) is 2.10. The first kappa shape index (κ1) is 17.5. The minimum Gasteiger partial charge on any atom is -0.368 e. The molecule has 6 heteroatoms. The van der Waals surface area contributed by atoms with E-state index in [4.69, 9.17) is 0 Å². The van der Waals surface area contributed by atoms with Crippen LogP contribution in [0.25, 0.3) is 0 Å². The molecule has 0 radical (unpaired) electrons. The number of aromatic nitrogens is 1. The van der Waals surface area contributed by atoms with Crippen molar-refractivity contribution < 1.29 is 9.59 Å². The zero-order chi connectivity index (χ0) is 18.6. The van der Waals surface area contributed by atoms with Crippen LogP contribution in [0.2, 0.25) is 0 Å². The number of para-hydroxylation sites is 1. The summed E-state index contributed by atoms with van der Waals surface area (Å²) in [4.78, 5) is 35.6. The van der Waals surface area contributed by atoms with Crippen LogP contribution in [0.3, 0.4) is 0 Å². The molecule has 1 aromatic heterocycles. The lowest BCUT2D eigenvalue weighted by Crippen LogP contribution is -2.48. The highest BCUT2D eigenvalue weighted by atomic mass is 16.2. The van der Waals surface area contributed by atoms with Crippen LogP contribution < -0.4 is 4.90 Å². The van der Waals surface area contributed by atoms with Gasteiger partial charge < -0.3 is 14.7 Å². The van der Waals surface area contributed by atoms with Gasteiger partial charge in [-0.2, -0.15) is 0 Å². The largest absolute Gasteiger partial charge is 0.368 e. The summed E-state index contributed by atoms with van der Waals surface area (Å²) >= 11 is 0. The van der Waals surface area contributed by atoms with E-state index in [1.807, 2.05) is 28.0 Å². The second-order valence-corrected chi connectivity index (χ2v) is 7.04. The summed E-state index contributed by atoms with van der Waals surface area (Å²) in [6.07, 6.45) is 3.64. The number of hydrogen-bond donors (Lipinski definition) is 0. The Bertz CT molecular complexity index is 810. The number of anilines is 1. The van der Waals surface area contributed by atoms with Gasteiger partial charge in [0.1, 0.15) is 5.69 Å².